The van der Waals surface area contributed by atoms with Crippen LogP contribution in [0.3, 0.4) is 0 Å². The summed E-state index contributed by atoms with van der Waals surface area (Å²) in [6.45, 7) is 4.25. The van der Waals surface area contributed by atoms with Crippen molar-refractivity contribution in [2.45, 2.75) is 45.4 Å². The Morgan fingerprint density at radius 3 is 1.82 bits per heavy atom. The molecule has 0 bridgehead atoms. The maximum Gasteiger partial charge on any atom is 0.0697 e. The Morgan fingerprint density at radius 2 is 1.35 bits per heavy atom. The molecule has 0 aliphatic heterocycles. The average Bonchev–Trinajstić information content (AvgIpc) is 2.34. The summed E-state index contributed by atoms with van der Waals surface area (Å²) in [5.41, 5.74) is 0. The second kappa shape index (κ2) is 21.2. The molecule has 0 aliphatic rings. The predicted molar refractivity (Wildman–Crippen MR) is 70.2 cm³/mol. The van der Waals surface area contributed by atoms with Gasteiger partial charge in [0.1, 0.15) is 0 Å². The third kappa shape index (κ3) is 25.8. The van der Waals surface area contributed by atoms with E-state index in [-0.39, 0.29) is 13.2 Å². The number of methoxy groups -OCH3 is 1. The Bertz CT molecular complexity index is 97.6. The normalized spacial score (nSPS) is 9.88. The van der Waals surface area contributed by atoms with Crippen LogP contribution in [0.4, 0.5) is 0 Å². The topological polar surface area (TPSA) is 58.9 Å². The van der Waals surface area contributed by atoms with Gasteiger partial charge < -0.3 is 19.7 Å². The van der Waals surface area contributed by atoms with E-state index in [2.05, 4.69) is 11.7 Å². The first-order valence-corrected chi connectivity index (χ1v) is 6.61. The standard InChI is InChI=1S/C10H22O2.C3H8O2/c1-2-3-4-5-6-7-9-12-10-8-11;1-5-3-2-4/h11H,2-10H2,1H3;4H,2-3H2,1H3. The Labute approximate surface area is 106 Å². The van der Waals surface area contributed by atoms with E-state index in [1.807, 2.05) is 0 Å². The molecule has 0 saturated heterocycles. The van der Waals surface area contributed by atoms with Crippen molar-refractivity contribution in [1.82, 2.24) is 0 Å². The lowest BCUT2D eigenvalue weighted by Gasteiger charge is -2.01. The Morgan fingerprint density at radius 1 is 0.765 bits per heavy atom. The van der Waals surface area contributed by atoms with E-state index in [0.29, 0.717) is 13.2 Å². The largest absolute Gasteiger partial charge is 0.394 e. The summed E-state index contributed by atoms with van der Waals surface area (Å²) in [6.07, 6.45) is 7.76. The molecule has 17 heavy (non-hydrogen) atoms. The lowest BCUT2D eigenvalue weighted by molar-refractivity contribution is 0.0895. The molecule has 2 N–H and O–H groups in total. The average molecular weight is 250 g/mol. The van der Waals surface area contributed by atoms with Crippen LogP contribution in [0.2, 0.25) is 0 Å². The van der Waals surface area contributed by atoms with Gasteiger partial charge in [0.15, 0.2) is 0 Å². The van der Waals surface area contributed by atoms with Crippen LogP contribution in [0.1, 0.15) is 45.4 Å². The maximum absolute atomic E-state index is 8.41. The van der Waals surface area contributed by atoms with Crippen LogP contribution in [-0.4, -0.2) is 50.4 Å². The molecule has 4 nitrogen and oxygen atoms in total. The molecule has 0 unspecified atom stereocenters. The van der Waals surface area contributed by atoms with Crippen LogP contribution in [0.15, 0.2) is 0 Å². The molecule has 0 radical (unpaired) electrons. The van der Waals surface area contributed by atoms with E-state index in [9.17, 15) is 0 Å². The van der Waals surface area contributed by atoms with Crippen LogP contribution >= 0.6 is 0 Å². The van der Waals surface area contributed by atoms with Crippen LogP contribution in [-0.2, 0) is 9.47 Å². The van der Waals surface area contributed by atoms with Gasteiger partial charge in [-0.15, -0.1) is 0 Å². The fourth-order valence-electron chi connectivity index (χ4n) is 1.24. The zero-order valence-electron chi connectivity index (χ0n) is 11.5. The van der Waals surface area contributed by atoms with E-state index >= 15 is 0 Å². The van der Waals surface area contributed by atoms with Crippen molar-refractivity contribution in [3.8, 4) is 0 Å². The highest BCUT2D eigenvalue weighted by Gasteiger charge is 1.89. The van der Waals surface area contributed by atoms with Crippen molar-refractivity contribution in [3.63, 3.8) is 0 Å². The lowest BCUT2D eigenvalue weighted by atomic mass is 10.1. The Kier molecular flexibility index (Phi) is 23.9. The number of hydrogen-bond acceptors (Lipinski definition) is 4. The summed E-state index contributed by atoms with van der Waals surface area (Å²) in [5, 5.41) is 16.4. The van der Waals surface area contributed by atoms with Gasteiger partial charge in [-0.2, -0.15) is 0 Å². The maximum atomic E-state index is 8.41. The van der Waals surface area contributed by atoms with E-state index in [0.717, 1.165) is 13.0 Å². The van der Waals surface area contributed by atoms with E-state index < -0.39 is 0 Å². The van der Waals surface area contributed by atoms with E-state index in [4.69, 9.17) is 14.9 Å². The number of unbranched alkanes of at least 4 members (excludes halogenated alkanes) is 5. The van der Waals surface area contributed by atoms with Gasteiger partial charge in [-0.05, 0) is 6.42 Å². The molecule has 0 atom stereocenters. The summed E-state index contributed by atoms with van der Waals surface area (Å²) >= 11 is 0. The Hall–Kier alpha value is -0.160. The van der Waals surface area contributed by atoms with E-state index in [1.54, 1.807) is 7.11 Å². The van der Waals surface area contributed by atoms with Crippen molar-refractivity contribution >= 4 is 0 Å². The van der Waals surface area contributed by atoms with Crippen LogP contribution in [0.5, 0.6) is 0 Å². The molecule has 0 aromatic carbocycles. The SMILES string of the molecule is CCCCCCCCOCCO.COCCO. The quantitative estimate of drug-likeness (QED) is 0.551. The smallest absolute Gasteiger partial charge is 0.0697 e. The van der Waals surface area contributed by atoms with Gasteiger partial charge >= 0.3 is 0 Å². The molecular weight excluding hydrogens is 220 g/mol. The van der Waals surface area contributed by atoms with Gasteiger partial charge in [-0.3, -0.25) is 0 Å². The third-order valence-electron chi connectivity index (χ3n) is 2.17. The summed E-state index contributed by atoms with van der Waals surface area (Å²) in [5.74, 6) is 0. The second-order valence-corrected chi connectivity index (χ2v) is 3.82. The van der Waals surface area contributed by atoms with Crippen molar-refractivity contribution < 1.29 is 19.7 Å². The van der Waals surface area contributed by atoms with Gasteiger partial charge in [-0.25, -0.2) is 0 Å². The van der Waals surface area contributed by atoms with Crippen LogP contribution < -0.4 is 0 Å². The molecule has 0 spiro atoms. The minimum atomic E-state index is 0.122. The van der Waals surface area contributed by atoms with Crippen molar-refractivity contribution in [2.24, 2.45) is 0 Å². The second-order valence-electron chi connectivity index (χ2n) is 3.82. The predicted octanol–water partition coefficient (Wildman–Crippen LogP) is 1.98. The number of aliphatic hydroxyl groups excluding tert-OH is 2. The van der Waals surface area contributed by atoms with Crippen molar-refractivity contribution in [3.05, 3.63) is 0 Å². The minimum absolute atomic E-state index is 0.122. The molecule has 0 aromatic heterocycles. The molecule has 0 amide bonds. The summed E-state index contributed by atoms with van der Waals surface area (Å²) in [4.78, 5) is 0. The molecule has 0 heterocycles. The number of hydrogen-bond donors (Lipinski definition) is 2. The van der Waals surface area contributed by atoms with Crippen molar-refractivity contribution in [1.29, 1.82) is 0 Å². The zero-order chi connectivity index (χ0) is 13.2. The fourth-order valence-corrected chi connectivity index (χ4v) is 1.24. The van der Waals surface area contributed by atoms with E-state index in [1.165, 1.54) is 32.1 Å². The number of rotatable bonds is 11. The fraction of sp³-hybridized carbons (Fsp3) is 1.00. The zero-order valence-corrected chi connectivity index (χ0v) is 11.5. The van der Waals surface area contributed by atoms with Gasteiger partial charge in [0.05, 0.1) is 26.4 Å². The van der Waals surface area contributed by atoms with Crippen LogP contribution in [0, 0.1) is 0 Å². The van der Waals surface area contributed by atoms with Gasteiger partial charge in [0, 0.05) is 13.7 Å². The first-order valence-electron chi connectivity index (χ1n) is 6.61. The summed E-state index contributed by atoms with van der Waals surface area (Å²) in [7, 11) is 1.55. The Balaban J connectivity index is 0. The van der Waals surface area contributed by atoms with Gasteiger partial charge in [0.25, 0.3) is 0 Å². The van der Waals surface area contributed by atoms with Gasteiger partial charge in [-0.1, -0.05) is 39.0 Å². The first kappa shape index (κ1) is 19.2. The number of ether oxygens (including phenoxy) is 2. The molecule has 0 rings (SSSR count). The molecule has 0 aliphatic carbocycles. The molecule has 106 valence electrons. The highest BCUT2D eigenvalue weighted by molar-refractivity contribution is 4.43. The molecule has 0 fully saturated rings. The molecule has 0 aromatic rings. The third-order valence-corrected chi connectivity index (χ3v) is 2.17. The minimum Gasteiger partial charge on any atom is -0.394 e. The first-order chi connectivity index (χ1) is 8.33. The molecular formula is C13H30O4. The highest BCUT2D eigenvalue weighted by Crippen LogP contribution is 2.04. The number of aliphatic hydroxyl groups is 2. The lowest BCUT2D eigenvalue weighted by Crippen LogP contribution is -2.00. The molecule has 0 saturated carbocycles. The summed E-state index contributed by atoms with van der Waals surface area (Å²) < 4.78 is 9.58. The summed E-state index contributed by atoms with van der Waals surface area (Å²) in [6, 6.07) is 0. The molecule has 4 heteroatoms. The highest BCUT2D eigenvalue weighted by atomic mass is 16.5. The van der Waals surface area contributed by atoms with Gasteiger partial charge in [0.2, 0.25) is 0 Å². The monoisotopic (exact) mass is 250 g/mol. The van der Waals surface area contributed by atoms with Crippen molar-refractivity contribution in [2.75, 3.05) is 40.1 Å². The van der Waals surface area contributed by atoms with Crippen LogP contribution in [0.25, 0.3) is 0 Å².